The molecule has 1 aromatic heterocycles. The molecule has 1 fully saturated rings. The third-order valence-electron chi connectivity index (χ3n) is 3.79. The van der Waals surface area contributed by atoms with Crippen molar-refractivity contribution in [3.8, 4) is 0 Å². The van der Waals surface area contributed by atoms with Crippen molar-refractivity contribution in [1.82, 2.24) is 4.98 Å². The number of nitrogens with zero attached hydrogens (tertiary/aromatic N) is 2. The molecule has 0 aliphatic heterocycles. The fourth-order valence-electron chi connectivity index (χ4n) is 2.99. The molecule has 0 saturated heterocycles. The summed E-state index contributed by atoms with van der Waals surface area (Å²) in [5.41, 5.74) is 7.23. The SMILES string of the molecule is CCN(c1ncccc1CC(C)N)C1CCCC1. The van der Waals surface area contributed by atoms with E-state index < -0.39 is 0 Å². The van der Waals surface area contributed by atoms with Crippen LogP contribution in [-0.2, 0) is 6.42 Å². The minimum absolute atomic E-state index is 0.190. The quantitative estimate of drug-likeness (QED) is 0.870. The molecule has 1 atom stereocenters. The predicted octanol–water partition coefficient (Wildman–Crippen LogP) is 2.74. The Morgan fingerprint density at radius 1 is 1.44 bits per heavy atom. The van der Waals surface area contributed by atoms with Gasteiger partial charge in [0, 0.05) is 24.8 Å². The van der Waals surface area contributed by atoms with E-state index in [4.69, 9.17) is 5.73 Å². The van der Waals surface area contributed by atoms with Crippen molar-refractivity contribution < 1.29 is 0 Å². The smallest absolute Gasteiger partial charge is 0.131 e. The van der Waals surface area contributed by atoms with E-state index in [2.05, 4.69) is 29.8 Å². The minimum atomic E-state index is 0.190. The number of nitrogens with two attached hydrogens (primary N) is 1. The maximum absolute atomic E-state index is 5.94. The zero-order valence-electron chi connectivity index (χ0n) is 11.6. The van der Waals surface area contributed by atoms with Gasteiger partial charge in [-0.3, -0.25) is 0 Å². The minimum Gasteiger partial charge on any atom is -0.354 e. The first-order chi connectivity index (χ1) is 8.72. The first-order valence-electron chi connectivity index (χ1n) is 7.18. The first kappa shape index (κ1) is 13.3. The average molecular weight is 247 g/mol. The van der Waals surface area contributed by atoms with Crippen molar-refractivity contribution in [1.29, 1.82) is 0 Å². The third-order valence-corrected chi connectivity index (χ3v) is 3.79. The molecule has 1 heterocycles. The highest BCUT2D eigenvalue weighted by atomic mass is 15.2. The lowest BCUT2D eigenvalue weighted by molar-refractivity contribution is 0.607. The highest BCUT2D eigenvalue weighted by molar-refractivity contribution is 5.48. The molecule has 0 spiro atoms. The summed E-state index contributed by atoms with van der Waals surface area (Å²) in [7, 11) is 0. The summed E-state index contributed by atoms with van der Waals surface area (Å²) >= 11 is 0. The molecule has 0 aromatic carbocycles. The Morgan fingerprint density at radius 2 is 2.17 bits per heavy atom. The van der Waals surface area contributed by atoms with E-state index in [-0.39, 0.29) is 6.04 Å². The molecule has 100 valence electrons. The van der Waals surface area contributed by atoms with Gasteiger partial charge in [-0.15, -0.1) is 0 Å². The lowest BCUT2D eigenvalue weighted by Crippen LogP contribution is -2.35. The Hall–Kier alpha value is -1.09. The van der Waals surface area contributed by atoms with Crippen LogP contribution >= 0.6 is 0 Å². The van der Waals surface area contributed by atoms with Gasteiger partial charge in [-0.25, -0.2) is 4.98 Å². The van der Waals surface area contributed by atoms with Crippen LogP contribution in [0.25, 0.3) is 0 Å². The first-order valence-corrected chi connectivity index (χ1v) is 7.18. The van der Waals surface area contributed by atoms with Gasteiger partial charge in [0.1, 0.15) is 5.82 Å². The molecule has 3 heteroatoms. The normalized spacial score (nSPS) is 17.9. The van der Waals surface area contributed by atoms with Gasteiger partial charge in [-0.2, -0.15) is 0 Å². The Bertz CT molecular complexity index is 370. The van der Waals surface area contributed by atoms with Gasteiger partial charge in [0.25, 0.3) is 0 Å². The van der Waals surface area contributed by atoms with E-state index in [0.29, 0.717) is 6.04 Å². The Balaban J connectivity index is 2.23. The van der Waals surface area contributed by atoms with Crippen molar-refractivity contribution in [2.45, 2.75) is 58.0 Å². The van der Waals surface area contributed by atoms with E-state index in [1.54, 1.807) is 0 Å². The van der Waals surface area contributed by atoms with Crippen LogP contribution < -0.4 is 10.6 Å². The van der Waals surface area contributed by atoms with Crippen molar-refractivity contribution in [3.63, 3.8) is 0 Å². The van der Waals surface area contributed by atoms with Gasteiger partial charge in [0.2, 0.25) is 0 Å². The Morgan fingerprint density at radius 3 is 2.78 bits per heavy atom. The lowest BCUT2D eigenvalue weighted by atomic mass is 10.1. The molecule has 0 bridgehead atoms. The summed E-state index contributed by atoms with van der Waals surface area (Å²) in [6.07, 6.45) is 8.14. The average Bonchev–Trinajstić information content (AvgIpc) is 2.85. The summed E-state index contributed by atoms with van der Waals surface area (Å²) in [5.74, 6) is 1.16. The predicted molar refractivity (Wildman–Crippen MR) is 76.9 cm³/mol. The summed E-state index contributed by atoms with van der Waals surface area (Å²) < 4.78 is 0. The van der Waals surface area contributed by atoms with Crippen LogP contribution in [0.15, 0.2) is 18.3 Å². The number of pyridine rings is 1. The molecule has 3 nitrogen and oxygen atoms in total. The molecular formula is C15H25N3. The number of hydrogen-bond acceptors (Lipinski definition) is 3. The van der Waals surface area contributed by atoms with E-state index in [1.165, 1.54) is 31.2 Å². The third kappa shape index (κ3) is 3.02. The summed E-state index contributed by atoms with van der Waals surface area (Å²) in [6.45, 7) is 5.32. The van der Waals surface area contributed by atoms with Crippen LogP contribution in [0.4, 0.5) is 5.82 Å². The summed E-state index contributed by atoms with van der Waals surface area (Å²) in [5, 5.41) is 0. The van der Waals surface area contributed by atoms with Crippen molar-refractivity contribution in [2.24, 2.45) is 5.73 Å². The van der Waals surface area contributed by atoms with Crippen molar-refractivity contribution >= 4 is 5.82 Å². The molecule has 0 radical (unpaired) electrons. The van der Waals surface area contributed by atoms with Crippen LogP contribution in [0.1, 0.15) is 45.1 Å². The van der Waals surface area contributed by atoms with Crippen LogP contribution in [0.2, 0.25) is 0 Å². The number of aromatic nitrogens is 1. The topological polar surface area (TPSA) is 42.2 Å². The van der Waals surface area contributed by atoms with E-state index in [9.17, 15) is 0 Å². The zero-order chi connectivity index (χ0) is 13.0. The van der Waals surface area contributed by atoms with Crippen LogP contribution in [0.5, 0.6) is 0 Å². The maximum Gasteiger partial charge on any atom is 0.131 e. The van der Waals surface area contributed by atoms with Crippen LogP contribution in [0.3, 0.4) is 0 Å². The highest BCUT2D eigenvalue weighted by Gasteiger charge is 2.24. The zero-order valence-corrected chi connectivity index (χ0v) is 11.6. The van der Waals surface area contributed by atoms with Gasteiger partial charge in [0.15, 0.2) is 0 Å². The monoisotopic (exact) mass is 247 g/mol. The van der Waals surface area contributed by atoms with Crippen molar-refractivity contribution in [2.75, 3.05) is 11.4 Å². The molecule has 1 aliphatic rings. The van der Waals surface area contributed by atoms with Crippen LogP contribution in [-0.4, -0.2) is 23.6 Å². The largest absolute Gasteiger partial charge is 0.354 e. The second-order valence-electron chi connectivity index (χ2n) is 5.39. The molecular weight excluding hydrogens is 222 g/mol. The number of hydrogen-bond donors (Lipinski definition) is 1. The van der Waals surface area contributed by atoms with Gasteiger partial charge in [0.05, 0.1) is 0 Å². The maximum atomic E-state index is 5.94. The lowest BCUT2D eigenvalue weighted by Gasteiger charge is -2.30. The fourth-order valence-corrected chi connectivity index (χ4v) is 2.99. The number of anilines is 1. The van der Waals surface area contributed by atoms with Crippen LogP contribution in [0, 0.1) is 0 Å². The highest BCUT2D eigenvalue weighted by Crippen LogP contribution is 2.29. The van der Waals surface area contributed by atoms with E-state index in [1.807, 2.05) is 12.3 Å². The Kier molecular flexibility index (Phi) is 4.59. The molecule has 18 heavy (non-hydrogen) atoms. The van der Waals surface area contributed by atoms with Gasteiger partial charge < -0.3 is 10.6 Å². The molecule has 1 saturated carbocycles. The van der Waals surface area contributed by atoms with Gasteiger partial charge >= 0.3 is 0 Å². The molecule has 1 unspecified atom stereocenters. The fraction of sp³-hybridized carbons (Fsp3) is 0.667. The van der Waals surface area contributed by atoms with Crippen molar-refractivity contribution in [3.05, 3.63) is 23.9 Å². The second-order valence-corrected chi connectivity index (χ2v) is 5.39. The van der Waals surface area contributed by atoms with Gasteiger partial charge in [-0.1, -0.05) is 18.9 Å². The Labute approximate surface area is 110 Å². The molecule has 1 aliphatic carbocycles. The van der Waals surface area contributed by atoms with E-state index >= 15 is 0 Å². The molecule has 1 aromatic rings. The molecule has 2 rings (SSSR count). The van der Waals surface area contributed by atoms with E-state index in [0.717, 1.165) is 18.8 Å². The summed E-state index contributed by atoms with van der Waals surface area (Å²) in [4.78, 5) is 7.09. The standard InChI is InChI=1S/C15H25N3/c1-3-18(14-8-4-5-9-14)15-13(11-12(2)16)7-6-10-17-15/h6-7,10,12,14H,3-5,8-9,11,16H2,1-2H3. The number of rotatable bonds is 5. The molecule has 0 amide bonds. The second kappa shape index (κ2) is 6.19. The molecule has 2 N–H and O–H groups in total. The summed E-state index contributed by atoms with van der Waals surface area (Å²) in [6, 6.07) is 5.06. The van der Waals surface area contributed by atoms with Gasteiger partial charge in [-0.05, 0) is 44.7 Å².